The maximum Gasteiger partial charge on any atom is 0.131 e. The molecule has 1 aromatic carbocycles. The van der Waals surface area contributed by atoms with Crippen LogP contribution in [0, 0.1) is 11.7 Å². The Balaban J connectivity index is 0.00000128. The minimum atomic E-state index is -0.394. The Bertz CT molecular complexity index is 353. The summed E-state index contributed by atoms with van der Waals surface area (Å²) in [6, 6.07) is 3.98. The number of phenols is 1. The minimum Gasteiger partial charge on any atom is -0.508 e. The number of rotatable bonds is 2. The van der Waals surface area contributed by atoms with Crippen LogP contribution in [0.2, 0.25) is 0 Å². The molecular weight excluding hydrogens is 229 g/mol. The molecule has 2 nitrogen and oxygen atoms in total. The SMILES string of the molecule is Cl.N[C@@H](c1ccc(O)cc1F)C1CCCC1. The molecule has 0 aliphatic heterocycles. The van der Waals surface area contributed by atoms with Crippen LogP contribution < -0.4 is 5.73 Å². The second-order valence-electron chi connectivity index (χ2n) is 4.28. The van der Waals surface area contributed by atoms with Crippen molar-refractivity contribution in [1.29, 1.82) is 0 Å². The van der Waals surface area contributed by atoms with E-state index < -0.39 is 5.82 Å². The van der Waals surface area contributed by atoms with Crippen molar-refractivity contribution >= 4 is 12.4 Å². The van der Waals surface area contributed by atoms with Crippen LogP contribution in [0.15, 0.2) is 18.2 Å². The molecule has 0 bridgehead atoms. The van der Waals surface area contributed by atoms with Crippen LogP contribution in [-0.4, -0.2) is 5.11 Å². The lowest BCUT2D eigenvalue weighted by molar-refractivity contribution is 0.424. The fraction of sp³-hybridized carbons (Fsp3) is 0.500. The van der Waals surface area contributed by atoms with Crippen molar-refractivity contribution in [3.63, 3.8) is 0 Å². The fourth-order valence-corrected chi connectivity index (χ4v) is 2.36. The van der Waals surface area contributed by atoms with Crippen LogP contribution in [0.1, 0.15) is 37.3 Å². The Morgan fingerprint density at radius 2 is 1.94 bits per heavy atom. The molecule has 1 aromatic rings. The highest BCUT2D eigenvalue weighted by molar-refractivity contribution is 5.85. The van der Waals surface area contributed by atoms with E-state index in [4.69, 9.17) is 10.8 Å². The lowest BCUT2D eigenvalue weighted by Crippen LogP contribution is -2.20. The third kappa shape index (κ3) is 2.66. The van der Waals surface area contributed by atoms with Crippen molar-refractivity contribution in [3.05, 3.63) is 29.6 Å². The van der Waals surface area contributed by atoms with E-state index in [9.17, 15) is 4.39 Å². The molecule has 1 fully saturated rings. The molecule has 0 amide bonds. The zero-order chi connectivity index (χ0) is 10.8. The summed E-state index contributed by atoms with van der Waals surface area (Å²) in [6.45, 7) is 0. The molecule has 3 N–H and O–H groups in total. The fourth-order valence-electron chi connectivity index (χ4n) is 2.36. The van der Waals surface area contributed by atoms with Crippen molar-refractivity contribution in [3.8, 4) is 5.75 Å². The van der Waals surface area contributed by atoms with Gasteiger partial charge in [-0.25, -0.2) is 4.39 Å². The summed E-state index contributed by atoms with van der Waals surface area (Å²) in [6.07, 6.45) is 4.55. The first-order valence-corrected chi connectivity index (χ1v) is 5.42. The van der Waals surface area contributed by atoms with Crippen LogP contribution >= 0.6 is 12.4 Å². The summed E-state index contributed by atoms with van der Waals surface area (Å²) in [7, 11) is 0. The zero-order valence-electron chi connectivity index (χ0n) is 9.03. The number of benzene rings is 1. The normalized spacial score (nSPS) is 18.1. The second-order valence-corrected chi connectivity index (χ2v) is 4.28. The van der Waals surface area contributed by atoms with Gasteiger partial charge in [0.25, 0.3) is 0 Å². The summed E-state index contributed by atoms with van der Waals surface area (Å²) in [4.78, 5) is 0. The first-order valence-electron chi connectivity index (χ1n) is 5.42. The Morgan fingerprint density at radius 3 is 2.50 bits per heavy atom. The Labute approximate surface area is 101 Å². The number of halogens is 2. The molecule has 0 saturated heterocycles. The van der Waals surface area contributed by atoms with Gasteiger partial charge in [-0.3, -0.25) is 0 Å². The van der Waals surface area contributed by atoms with E-state index in [0.717, 1.165) is 18.9 Å². The highest BCUT2D eigenvalue weighted by Crippen LogP contribution is 2.35. The van der Waals surface area contributed by atoms with Crippen molar-refractivity contribution in [1.82, 2.24) is 0 Å². The van der Waals surface area contributed by atoms with Crippen molar-refractivity contribution < 1.29 is 9.50 Å². The lowest BCUT2D eigenvalue weighted by atomic mass is 9.92. The van der Waals surface area contributed by atoms with Crippen molar-refractivity contribution in [2.75, 3.05) is 0 Å². The predicted molar refractivity (Wildman–Crippen MR) is 64.2 cm³/mol. The van der Waals surface area contributed by atoms with Gasteiger partial charge in [0.15, 0.2) is 0 Å². The van der Waals surface area contributed by atoms with E-state index in [-0.39, 0.29) is 24.2 Å². The average molecular weight is 246 g/mol. The highest BCUT2D eigenvalue weighted by Gasteiger charge is 2.25. The van der Waals surface area contributed by atoms with E-state index in [0.29, 0.717) is 11.5 Å². The monoisotopic (exact) mass is 245 g/mol. The van der Waals surface area contributed by atoms with Gasteiger partial charge in [-0.15, -0.1) is 12.4 Å². The smallest absolute Gasteiger partial charge is 0.131 e. The van der Waals surface area contributed by atoms with Gasteiger partial charge in [0, 0.05) is 17.7 Å². The molecule has 0 unspecified atom stereocenters. The minimum absolute atomic E-state index is 0. The van der Waals surface area contributed by atoms with E-state index in [1.54, 1.807) is 6.07 Å². The van der Waals surface area contributed by atoms with E-state index in [1.807, 2.05) is 0 Å². The van der Waals surface area contributed by atoms with Gasteiger partial charge < -0.3 is 10.8 Å². The molecule has 0 spiro atoms. The topological polar surface area (TPSA) is 46.2 Å². The number of hydrogen-bond acceptors (Lipinski definition) is 2. The highest BCUT2D eigenvalue weighted by atomic mass is 35.5. The Hall–Kier alpha value is -0.800. The molecule has 4 heteroatoms. The zero-order valence-corrected chi connectivity index (χ0v) is 9.84. The summed E-state index contributed by atoms with van der Waals surface area (Å²) in [5.74, 6) is -0.0479. The Morgan fingerprint density at radius 1 is 1.31 bits per heavy atom. The first-order chi connectivity index (χ1) is 7.18. The summed E-state index contributed by atoms with van der Waals surface area (Å²) >= 11 is 0. The van der Waals surface area contributed by atoms with Gasteiger partial charge in [-0.05, 0) is 24.8 Å². The van der Waals surface area contributed by atoms with Crippen LogP contribution in [0.25, 0.3) is 0 Å². The standard InChI is InChI=1S/C12H16FNO.ClH/c13-11-7-9(15)5-6-10(11)12(14)8-3-1-2-4-8;/h5-8,12,15H,1-4,14H2;1H/t12-;/m1./s1. The molecule has 1 atom stereocenters. The maximum absolute atomic E-state index is 13.5. The largest absolute Gasteiger partial charge is 0.508 e. The van der Waals surface area contributed by atoms with Crippen LogP contribution in [0.5, 0.6) is 5.75 Å². The molecule has 2 rings (SSSR count). The van der Waals surface area contributed by atoms with Crippen LogP contribution in [-0.2, 0) is 0 Å². The number of nitrogens with two attached hydrogens (primary N) is 1. The summed E-state index contributed by atoms with van der Waals surface area (Å²) < 4.78 is 13.5. The van der Waals surface area contributed by atoms with Gasteiger partial charge in [0.1, 0.15) is 11.6 Å². The number of aromatic hydroxyl groups is 1. The first kappa shape index (κ1) is 13.3. The van der Waals surface area contributed by atoms with Gasteiger partial charge in [0.05, 0.1) is 0 Å². The van der Waals surface area contributed by atoms with E-state index >= 15 is 0 Å². The maximum atomic E-state index is 13.5. The van der Waals surface area contributed by atoms with Gasteiger partial charge in [-0.2, -0.15) is 0 Å². The van der Waals surface area contributed by atoms with Crippen molar-refractivity contribution in [2.24, 2.45) is 11.7 Å². The molecule has 0 aromatic heterocycles. The quantitative estimate of drug-likeness (QED) is 0.841. The molecule has 16 heavy (non-hydrogen) atoms. The summed E-state index contributed by atoms with van der Waals surface area (Å²) in [5.41, 5.74) is 6.56. The molecule has 90 valence electrons. The van der Waals surface area contributed by atoms with Gasteiger partial charge in [-0.1, -0.05) is 18.9 Å². The van der Waals surface area contributed by atoms with Gasteiger partial charge >= 0.3 is 0 Å². The predicted octanol–water partition coefficient (Wildman–Crippen LogP) is 3.14. The van der Waals surface area contributed by atoms with Crippen LogP contribution in [0.4, 0.5) is 4.39 Å². The van der Waals surface area contributed by atoms with Crippen LogP contribution in [0.3, 0.4) is 0 Å². The third-order valence-corrected chi connectivity index (χ3v) is 3.25. The molecule has 0 heterocycles. The molecule has 1 saturated carbocycles. The molecule has 0 radical (unpaired) electrons. The van der Waals surface area contributed by atoms with E-state index in [1.165, 1.54) is 18.9 Å². The molecular formula is C12H17ClFNO. The third-order valence-electron chi connectivity index (χ3n) is 3.25. The van der Waals surface area contributed by atoms with E-state index in [2.05, 4.69) is 0 Å². The average Bonchev–Trinajstić information content (AvgIpc) is 2.69. The number of hydrogen-bond donors (Lipinski definition) is 2. The summed E-state index contributed by atoms with van der Waals surface area (Å²) in [5, 5.41) is 9.10. The molecule has 1 aliphatic rings. The molecule has 1 aliphatic carbocycles. The van der Waals surface area contributed by atoms with Crippen molar-refractivity contribution in [2.45, 2.75) is 31.7 Å². The van der Waals surface area contributed by atoms with Gasteiger partial charge in [0.2, 0.25) is 0 Å². The number of phenolic OH excluding ortho intramolecular Hbond substituents is 1. The second kappa shape index (κ2) is 5.51. The lowest BCUT2D eigenvalue weighted by Gasteiger charge is -2.19. The Kier molecular flexibility index (Phi) is 4.56.